The van der Waals surface area contributed by atoms with Crippen molar-refractivity contribution in [2.45, 2.75) is 57.8 Å². The molecule has 0 aliphatic carbocycles. The number of phenolic OH excluding ortho intramolecular Hbond substituents is 1. The topological polar surface area (TPSA) is 90.2 Å². The third-order valence-corrected chi connectivity index (χ3v) is 4.50. The van der Waals surface area contributed by atoms with E-state index in [0.29, 0.717) is 50.0 Å². The first kappa shape index (κ1) is 19.7. The number of hydrogen-bond acceptors (Lipinski definition) is 6. The minimum Gasteiger partial charge on any atom is -0.508 e. The molecule has 1 heterocycles. The van der Waals surface area contributed by atoms with Gasteiger partial charge in [0.2, 0.25) is 0 Å². The quantitative estimate of drug-likeness (QED) is 0.702. The summed E-state index contributed by atoms with van der Waals surface area (Å²) in [5.74, 6) is -0.138. The summed E-state index contributed by atoms with van der Waals surface area (Å²) in [6, 6.07) is 4.70. The first-order chi connectivity index (χ1) is 11.6. The fourth-order valence-electron chi connectivity index (χ4n) is 3.22. The number of aliphatic hydroxyl groups is 2. The second kappa shape index (κ2) is 7.72. The summed E-state index contributed by atoms with van der Waals surface area (Å²) in [4.78, 5) is 14.0. The van der Waals surface area contributed by atoms with Crippen molar-refractivity contribution in [3.8, 4) is 5.75 Å². The molecule has 0 atom stereocenters. The lowest BCUT2D eigenvalue weighted by atomic mass is 9.82. The average Bonchev–Trinajstić information content (AvgIpc) is 2.52. The van der Waals surface area contributed by atoms with Crippen LogP contribution in [0.5, 0.6) is 5.75 Å². The molecule has 1 aromatic carbocycles. The maximum atomic E-state index is 11.8. The van der Waals surface area contributed by atoms with Gasteiger partial charge in [0.1, 0.15) is 11.4 Å². The number of rotatable bonds is 5. The van der Waals surface area contributed by atoms with E-state index >= 15 is 0 Å². The molecule has 1 fully saturated rings. The van der Waals surface area contributed by atoms with Gasteiger partial charge in [0.25, 0.3) is 0 Å². The van der Waals surface area contributed by atoms with Crippen molar-refractivity contribution in [2.75, 3.05) is 19.6 Å². The fraction of sp³-hybridized carbons (Fsp3) is 0.632. The number of benzene rings is 1. The van der Waals surface area contributed by atoms with Crippen LogP contribution < -0.4 is 0 Å². The molecular formula is C19H29NO5. The summed E-state index contributed by atoms with van der Waals surface area (Å²) in [5, 5.41) is 30.0. The van der Waals surface area contributed by atoms with Gasteiger partial charge in [0, 0.05) is 19.6 Å². The highest BCUT2D eigenvalue weighted by atomic mass is 16.6. The molecule has 1 saturated heterocycles. The molecule has 25 heavy (non-hydrogen) atoms. The molecule has 140 valence electrons. The second-order valence-corrected chi connectivity index (χ2v) is 7.71. The van der Waals surface area contributed by atoms with Gasteiger partial charge in [0.15, 0.2) is 0 Å². The summed E-state index contributed by atoms with van der Waals surface area (Å²) in [6.45, 7) is 7.24. The summed E-state index contributed by atoms with van der Waals surface area (Å²) in [7, 11) is 0. The smallest absolute Gasteiger partial charge is 0.307 e. The number of aliphatic hydroxyl groups excluding tert-OH is 1. The standard InChI is InChI=1S/C19H29NO5/c1-18(2,3)25-17(23)6-9-20-10-7-19(24,8-11-20)16-5-4-15(22)12-14(16)13-21/h4-5,12,21-22,24H,6-11,13H2,1-3H3. The van der Waals surface area contributed by atoms with Gasteiger partial charge >= 0.3 is 5.97 Å². The molecule has 0 aromatic heterocycles. The highest BCUT2D eigenvalue weighted by Gasteiger charge is 2.35. The van der Waals surface area contributed by atoms with E-state index in [2.05, 4.69) is 4.90 Å². The van der Waals surface area contributed by atoms with E-state index < -0.39 is 11.2 Å². The Morgan fingerprint density at radius 3 is 2.48 bits per heavy atom. The van der Waals surface area contributed by atoms with E-state index in [1.165, 1.54) is 12.1 Å². The first-order valence-electron chi connectivity index (χ1n) is 8.73. The molecule has 0 radical (unpaired) electrons. The van der Waals surface area contributed by atoms with Crippen LogP contribution in [0.15, 0.2) is 18.2 Å². The first-order valence-corrected chi connectivity index (χ1v) is 8.73. The number of esters is 1. The number of carbonyl (C=O) groups excluding carboxylic acids is 1. The molecule has 6 nitrogen and oxygen atoms in total. The zero-order valence-corrected chi connectivity index (χ0v) is 15.3. The normalized spacial score (nSPS) is 18.1. The Balaban J connectivity index is 1.91. The Bertz CT molecular complexity index is 600. The number of hydrogen-bond donors (Lipinski definition) is 3. The van der Waals surface area contributed by atoms with Gasteiger partial charge in [0.05, 0.1) is 18.6 Å². The van der Waals surface area contributed by atoms with Gasteiger partial charge in [-0.15, -0.1) is 0 Å². The number of likely N-dealkylation sites (tertiary alicyclic amines) is 1. The van der Waals surface area contributed by atoms with E-state index in [1.54, 1.807) is 6.07 Å². The summed E-state index contributed by atoms with van der Waals surface area (Å²) in [5.41, 5.74) is -0.281. The second-order valence-electron chi connectivity index (χ2n) is 7.71. The van der Waals surface area contributed by atoms with E-state index in [1.807, 2.05) is 20.8 Å². The Kier molecular flexibility index (Phi) is 6.08. The lowest BCUT2D eigenvalue weighted by Gasteiger charge is -2.39. The molecule has 1 aromatic rings. The molecule has 1 aliphatic heterocycles. The van der Waals surface area contributed by atoms with E-state index in [0.717, 1.165) is 0 Å². The van der Waals surface area contributed by atoms with Crippen LogP contribution in [-0.4, -0.2) is 51.4 Å². The molecule has 0 spiro atoms. The third kappa shape index (κ3) is 5.42. The lowest BCUT2D eigenvalue weighted by Crippen LogP contribution is -2.43. The molecule has 0 amide bonds. The SMILES string of the molecule is CC(C)(C)OC(=O)CCN1CCC(O)(c2ccc(O)cc2CO)CC1. The van der Waals surface area contributed by atoms with Crippen LogP contribution >= 0.6 is 0 Å². The van der Waals surface area contributed by atoms with Gasteiger partial charge in [-0.2, -0.15) is 0 Å². The maximum absolute atomic E-state index is 11.8. The molecule has 2 rings (SSSR count). The number of nitrogens with zero attached hydrogens (tertiary/aromatic N) is 1. The summed E-state index contributed by atoms with van der Waals surface area (Å²) in [6.07, 6.45) is 1.36. The van der Waals surface area contributed by atoms with Crippen LogP contribution in [0.25, 0.3) is 0 Å². The van der Waals surface area contributed by atoms with Crippen molar-refractivity contribution in [1.29, 1.82) is 0 Å². The number of carbonyl (C=O) groups is 1. The molecule has 0 bridgehead atoms. The molecular weight excluding hydrogens is 322 g/mol. The number of ether oxygens (including phenoxy) is 1. The average molecular weight is 351 g/mol. The van der Waals surface area contributed by atoms with E-state index in [4.69, 9.17) is 4.74 Å². The minimum absolute atomic E-state index is 0.0752. The van der Waals surface area contributed by atoms with Crippen molar-refractivity contribution >= 4 is 5.97 Å². The van der Waals surface area contributed by atoms with Crippen LogP contribution in [0.3, 0.4) is 0 Å². The largest absolute Gasteiger partial charge is 0.508 e. The van der Waals surface area contributed by atoms with Gasteiger partial charge < -0.3 is 25.0 Å². The van der Waals surface area contributed by atoms with Crippen LogP contribution in [0.4, 0.5) is 0 Å². The van der Waals surface area contributed by atoms with E-state index in [9.17, 15) is 20.1 Å². The predicted octanol–water partition coefficient (Wildman–Crippen LogP) is 1.90. The monoisotopic (exact) mass is 351 g/mol. The zero-order chi connectivity index (χ0) is 18.7. The molecule has 6 heteroatoms. The Hall–Kier alpha value is -1.63. The minimum atomic E-state index is -1.02. The van der Waals surface area contributed by atoms with Crippen LogP contribution in [0.1, 0.15) is 51.2 Å². The van der Waals surface area contributed by atoms with Crippen LogP contribution in [0.2, 0.25) is 0 Å². The summed E-state index contributed by atoms with van der Waals surface area (Å²) >= 11 is 0. The predicted molar refractivity (Wildman–Crippen MR) is 94.1 cm³/mol. The Morgan fingerprint density at radius 1 is 1.28 bits per heavy atom. The Morgan fingerprint density at radius 2 is 1.92 bits per heavy atom. The van der Waals surface area contributed by atoms with Gasteiger partial charge in [-0.25, -0.2) is 0 Å². The zero-order valence-electron chi connectivity index (χ0n) is 15.3. The molecule has 1 aliphatic rings. The number of phenols is 1. The fourth-order valence-corrected chi connectivity index (χ4v) is 3.22. The van der Waals surface area contributed by atoms with Gasteiger partial charge in [-0.05, 0) is 56.9 Å². The Labute approximate surface area is 149 Å². The number of piperidine rings is 1. The molecule has 3 N–H and O–H groups in total. The molecule has 0 unspecified atom stereocenters. The van der Waals surface area contributed by atoms with Crippen molar-refractivity contribution in [1.82, 2.24) is 4.90 Å². The van der Waals surface area contributed by atoms with Crippen LogP contribution in [0, 0.1) is 0 Å². The highest BCUT2D eigenvalue weighted by molar-refractivity contribution is 5.70. The highest BCUT2D eigenvalue weighted by Crippen LogP contribution is 2.36. The van der Waals surface area contributed by atoms with Crippen molar-refractivity contribution in [3.05, 3.63) is 29.3 Å². The van der Waals surface area contributed by atoms with Gasteiger partial charge in [-0.3, -0.25) is 4.79 Å². The van der Waals surface area contributed by atoms with Crippen molar-refractivity contribution in [3.63, 3.8) is 0 Å². The van der Waals surface area contributed by atoms with Gasteiger partial charge in [-0.1, -0.05) is 6.07 Å². The van der Waals surface area contributed by atoms with Crippen molar-refractivity contribution < 1.29 is 24.9 Å². The third-order valence-electron chi connectivity index (χ3n) is 4.50. The summed E-state index contributed by atoms with van der Waals surface area (Å²) < 4.78 is 5.31. The molecule has 0 saturated carbocycles. The maximum Gasteiger partial charge on any atom is 0.307 e. The van der Waals surface area contributed by atoms with Crippen LogP contribution in [-0.2, 0) is 21.7 Å². The van der Waals surface area contributed by atoms with Crippen molar-refractivity contribution in [2.24, 2.45) is 0 Å². The van der Waals surface area contributed by atoms with E-state index in [-0.39, 0.29) is 18.3 Å². The lowest BCUT2D eigenvalue weighted by molar-refractivity contribution is -0.155. The number of aromatic hydroxyl groups is 1.